The van der Waals surface area contributed by atoms with Crippen molar-refractivity contribution in [2.24, 2.45) is 0 Å². The van der Waals surface area contributed by atoms with E-state index in [1.54, 1.807) is 6.92 Å². The fraction of sp³-hybridized carbons (Fsp3) is 0.154. The summed E-state index contributed by atoms with van der Waals surface area (Å²) in [6.45, 7) is 1.91. The van der Waals surface area contributed by atoms with E-state index >= 15 is 0 Å². The van der Waals surface area contributed by atoms with Gasteiger partial charge in [0.15, 0.2) is 10.8 Å². The van der Waals surface area contributed by atoms with E-state index in [1.165, 1.54) is 30.3 Å². The van der Waals surface area contributed by atoms with E-state index in [9.17, 15) is 9.18 Å². The van der Waals surface area contributed by atoms with Crippen molar-refractivity contribution in [3.8, 4) is 0 Å². The van der Waals surface area contributed by atoms with Crippen molar-refractivity contribution in [2.75, 3.05) is 11.9 Å². The molecule has 0 aliphatic rings. The van der Waals surface area contributed by atoms with Crippen LogP contribution in [-0.4, -0.2) is 22.8 Å². The van der Waals surface area contributed by atoms with Crippen LogP contribution in [0.4, 0.5) is 15.8 Å². The molecule has 0 spiro atoms. The van der Waals surface area contributed by atoms with Gasteiger partial charge in [0.2, 0.25) is 0 Å². The zero-order valence-electron chi connectivity index (χ0n) is 10.6. The molecule has 1 aromatic carbocycles. The smallest absolute Gasteiger partial charge is 0.361 e. The topological polar surface area (TPSA) is 64.1 Å². The summed E-state index contributed by atoms with van der Waals surface area (Å²) in [5.74, 6) is -0.965. The molecule has 104 valence electrons. The molecule has 0 amide bonds. The van der Waals surface area contributed by atoms with Gasteiger partial charge in [-0.2, -0.15) is 0 Å². The molecule has 1 heterocycles. The molecular weight excluding hydrogens is 285 g/mol. The van der Waals surface area contributed by atoms with Crippen LogP contribution < -0.4 is 5.32 Å². The van der Waals surface area contributed by atoms with Gasteiger partial charge in [0.1, 0.15) is 5.82 Å². The lowest BCUT2D eigenvalue weighted by atomic mass is 10.2. The van der Waals surface area contributed by atoms with Crippen molar-refractivity contribution in [1.82, 2.24) is 10.2 Å². The summed E-state index contributed by atoms with van der Waals surface area (Å²) >= 11 is 5.76. The molecule has 20 heavy (non-hydrogen) atoms. The number of esters is 1. The van der Waals surface area contributed by atoms with Crippen molar-refractivity contribution >= 4 is 28.9 Å². The van der Waals surface area contributed by atoms with Crippen LogP contribution in [0.15, 0.2) is 30.3 Å². The summed E-state index contributed by atoms with van der Waals surface area (Å²) in [7, 11) is 0. The van der Waals surface area contributed by atoms with Crippen LogP contribution in [0.25, 0.3) is 0 Å². The molecule has 0 saturated heterocycles. The predicted octanol–water partition coefficient (Wildman–Crippen LogP) is 3.19. The molecule has 0 unspecified atom stereocenters. The van der Waals surface area contributed by atoms with E-state index in [-0.39, 0.29) is 23.3 Å². The Hall–Kier alpha value is -2.21. The zero-order chi connectivity index (χ0) is 14.5. The third-order valence-corrected chi connectivity index (χ3v) is 2.54. The monoisotopic (exact) mass is 295 g/mol. The fourth-order valence-corrected chi connectivity index (χ4v) is 1.65. The molecule has 2 aromatic rings. The Labute approximate surface area is 119 Å². The van der Waals surface area contributed by atoms with Gasteiger partial charge in [-0.1, -0.05) is 11.6 Å². The van der Waals surface area contributed by atoms with Crippen LogP contribution in [0.1, 0.15) is 17.4 Å². The molecule has 0 radical (unpaired) electrons. The second-order valence-corrected chi connectivity index (χ2v) is 4.17. The maximum atomic E-state index is 12.9. The Morgan fingerprint density at radius 1 is 1.35 bits per heavy atom. The minimum absolute atomic E-state index is 0.0144. The van der Waals surface area contributed by atoms with E-state index < -0.39 is 5.97 Å². The lowest BCUT2D eigenvalue weighted by Gasteiger charge is -2.10. The van der Waals surface area contributed by atoms with Gasteiger partial charge in [-0.05, 0) is 31.2 Å². The van der Waals surface area contributed by atoms with E-state index in [1.807, 2.05) is 0 Å². The number of nitrogens with zero attached hydrogens (tertiary/aromatic N) is 2. The normalized spacial score (nSPS) is 10.2. The molecule has 0 fully saturated rings. The molecule has 5 nitrogen and oxygen atoms in total. The maximum Gasteiger partial charge on any atom is 0.361 e. The summed E-state index contributed by atoms with van der Waals surface area (Å²) in [5, 5.41) is 10.4. The second-order valence-electron chi connectivity index (χ2n) is 3.78. The Bertz CT molecular complexity index is 620. The minimum atomic E-state index is -0.610. The first kappa shape index (κ1) is 14.2. The van der Waals surface area contributed by atoms with E-state index in [0.29, 0.717) is 11.4 Å². The largest absolute Gasteiger partial charge is 0.461 e. The van der Waals surface area contributed by atoms with Crippen molar-refractivity contribution in [3.63, 3.8) is 0 Å². The number of nitrogens with one attached hydrogen (secondary N) is 1. The second kappa shape index (κ2) is 6.29. The molecular formula is C13H11ClFN3O2. The highest BCUT2D eigenvalue weighted by molar-refractivity contribution is 6.29. The lowest BCUT2D eigenvalue weighted by Crippen LogP contribution is -2.11. The van der Waals surface area contributed by atoms with Crippen molar-refractivity contribution in [1.29, 1.82) is 0 Å². The van der Waals surface area contributed by atoms with Crippen LogP contribution in [0.2, 0.25) is 5.15 Å². The molecule has 0 aliphatic carbocycles. The zero-order valence-corrected chi connectivity index (χ0v) is 11.3. The third kappa shape index (κ3) is 3.42. The van der Waals surface area contributed by atoms with E-state index in [2.05, 4.69) is 15.5 Å². The van der Waals surface area contributed by atoms with Gasteiger partial charge in [0.05, 0.1) is 12.3 Å². The molecule has 0 aliphatic heterocycles. The van der Waals surface area contributed by atoms with Crippen molar-refractivity contribution in [2.45, 2.75) is 6.92 Å². The third-order valence-electron chi connectivity index (χ3n) is 2.36. The number of anilines is 2. The molecule has 0 atom stereocenters. The Balaban J connectivity index is 2.31. The van der Waals surface area contributed by atoms with Gasteiger partial charge in [0.25, 0.3) is 0 Å². The van der Waals surface area contributed by atoms with Crippen LogP contribution in [-0.2, 0) is 4.74 Å². The molecule has 2 rings (SSSR count). The van der Waals surface area contributed by atoms with Gasteiger partial charge >= 0.3 is 5.97 Å². The SMILES string of the molecule is CCOC(=O)c1nnc(Cl)cc1Nc1ccc(F)cc1. The summed E-state index contributed by atoms with van der Waals surface area (Å²) in [5.41, 5.74) is 0.941. The summed E-state index contributed by atoms with van der Waals surface area (Å²) < 4.78 is 17.7. The number of rotatable bonds is 4. The first-order valence-corrected chi connectivity index (χ1v) is 6.21. The highest BCUT2D eigenvalue weighted by atomic mass is 35.5. The van der Waals surface area contributed by atoms with Gasteiger partial charge in [-0.3, -0.25) is 0 Å². The number of halogens is 2. The number of ether oxygens (including phenoxy) is 1. The first-order chi connectivity index (χ1) is 9.60. The Morgan fingerprint density at radius 2 is 2.05 bits per heavy atom. The fourth-order valence-electron chi connectivity index (χ4n) is 1.50. The van der Waals surface area contributed by atoms with Gasteiger partial charge in [0, 0.05) is 11.8 Å². The Kier molecular flexibility index (Phi) is 4.47. The van der Waals surface area contributed by atoms with Crippen LogP contribution in [0.5, 0.6) is 0 Å². The number of hydrogen-bond acceptors (Lipinski definition) is 5. The number of hydrogen-bond donors (Lipinski definition) is 1. The highest BCUT2D eigenvalue weighted by Crippen LogP contribution is 2.22. The molecule has 1 aromatic heterocycles. The molecule has 0 bridgehead atoms. The summed E-state index contributed by atoms with van der Waals surface area (Å²) in [4.78, 5) is 11.8. The number of carbonyl (C=O) groups excluding carboxylic acids is 1. The van der Waals surface area contributed by atoms with Crippen molar-refractivity contribution < 1.29 is 13.9 Å². The Morgan fingerprint density at radius 3 is 2.70 bits per heavy atom. The standard InChI is InChI=1S/C13H11ClFN3O2/c1-2-20-13(19)12-10(7-11(14)17-18-12)16-9-5-3-8(15)4-6-9/h3-7H,2H2,1H3,(H,16,17). The number of benzene rings is 1. The van der Waals surface area contributed by atoms with Crippen LogP contribution in [0, 0.1) is 5.82 Å². The van der Waals surface area contributed by atoms with Crippen LogP contribution in [0.3, 0.4) is 0 Å². The molecule has 1 N–H and O–H groups in total. The maximum absolute atomic E-state index is 12.9. The number of aromatic nitrogens is 2. The first-order valence-electron chi connectivity index (χ1n) is 5.83. The predicted molar refractivity (Wildman–Crippen MR) is 72.7 cm³/mol. The van der Waals surface area contributed by atoms with E-state index in [4.69, 9.17) is 16.3 Å². The molecule has 7 heteroatoms. The number of carbonyl (C=O) groups is 1. The van der Waals surface area contributed by atoms with Crippen molar-refractivity contribution in [3.05, 3.63) is 47.0 Å². The van der Waals surface area contributed by atoms with Gasteiger partial charge < -0.3 is 10.1 Å². The summed E-state index contributed by atoms with van der Waals surface area (Å²) in [6, 6.07) is 7.09. The quantitative estimate of drug-likeness (QED) is 0.878. The van der Waals surface area contributed by atoms with Gasteiger partial charge in [-0.25, -0.2) is 9.18 Å². The summed E-state index contributed by atoms with van der Waals surface area (Å²) in [6.07, 6.45) is 0. The average molecular weight is 296 g/mol. The van der Waals surface area contributed by atoms with Gasteiger partial charge in [-0.15, -0.1) is 10.2 Å². The highest BCUT2D eigenvalue weighted by Gasteiger charge is 2.16. The minimum Gasteiger partial charge on any atom is -0.461 e. The molecule has 0 saturated carbocycles. The average Bonchev–Trinajstić information content (AvgIpc) is 2.42. The van der Waals surface area contributed by atoms with Crippen LogP contribution >= 0.6 is 11.6 Å². The van der Waals surface area contributed by atoms with E-state index in [0.717, 1.165) is 0 Å². The lowest BCUT2D eigenvalue weighted by molar-refractivity contribution is 0.0519.